The predicted molar refractivity (Wildman–Crippen MR) is 152 cm³/mol. The van der Waals surface area contributed by atoms with Crippen molar-refractivity contribution in [3.8, 4) is 5.75 Å². The third kappa shape index (κ3) is 7.23. The molecule has 1 nitrogen and oxygen atoms in total. The minimum atomic E-state index is -5.00. The smallest absolute Gasteiger partial charge is 0.403 e. The highest BCUT2D eigenvalue weighted by Gasteiger charge is 2.34. The number of hydrogen-bond acceptors (Lipinski definition) is 1. The van der Waals surface area contributed by atoms with Crippen molar-refractivity contribution in [1.82, 2.24) is 0 Å². The van der Waals surface area contributed by atoms with E-state index in [-0.39, 0.29) is 23.3 Å². The summed E-state index contributed by atoms with van der Waals surface area (Å²) in [6.07, 6.45) is 1.64. The fourth-order valence-electron chi connectivity index (χ4n) is 7.00. The molecule has 0 saturated heterocycles. The van der Waals surface area contributed by atoms with Gasteiger partial charge in [0.1, 0.15) is 11.6 Å². The molecule has 3 aromatic carbocycles. The monoisotopic (exact) mass is 624 g/mol. The molecule has 0 aliphatic heterocycles. The fourth-order valence-corrected chi connectivity index (χ4v) is 7.00. The molecule has 0 N–H and O–H groups in total. The number of ether oxygens (including phenoxy) is 1. The van der Waals surface area contributed by atoms with Crippen LogP contribution < -0.4 is 4.74 Å². The number of alkyl halides is 3. The molecule has 0 aromatic heterocycles. The first-order chi connectivity index (χ1) is 20.9. The summed E-state index contributed by atoms with van der Waals surface area (Å²) in [5, 5.41) is 0. The van der Waals surface area contributed by atoms with Crippen LogP contribution in [-0.4, -0.2) is 6.36 Å². The highest BCUT2D eigenvalue weighted by Crippen LogP contribution is 2.44. The lowest BCUT2D eigenvalue weighted by Crippen LogP contribution is -2.21. The van der Waals surface area contributed by atoms with Crippen molar-refractivity contribution >= 4 is 0 Å². The molecule has 0 bridgehead atoms. The van der Waals surface area contributed by atoms with E-state index in [0.717, 1.165) is 25.0 Å². The number of unbranched alkanes of at least 4 members (excludes halogenated alkanes) is 1. The zero-order valence-corrected chi connectivity index (χ0v) is 24.6. The molecule has 2 aliphatic rings. The molecule has 1 atom stereocenters. The van der Waals surface area contributed by atoms with Crippen molar-refractivity contribution in [3.63, 3.8) is 0 Å². The first-order valence-electron chi connectivity index (χ1n) is 15.5. The van der Waals surface area contributed by atoms with Gasteiger partial charge in [-0.05, 0) is 134 Å². The Morgan fingerprint density at radius 2 is 1.41 bits per heavy atom. The van der Waals surface area contributed by atoms with Crippen LogP contribution in [0, 0.1) is 35.0 Å². The van der Waals surface area contributed by atoms with Gasteiger partial charge >= 0.3 is 6.36 Å². The average molecular weight is 625 g/mol. The molecule has 1 fully saturated rings. The maximum Gasteiger partial charge on any atom is 0.573 e. The Hall–Kier alpha value is -3.10. The molecule has 0 heterocycles. The highest BCUT2D eigenvalue weighted by atomic mass is 19.4. The van der Waals surface area contributed by atoms with E-state index < -0.39 is 41.2 Å². The Morgan fingerprint density at radius 1 is 0.750 bits per heavy atom. The maximum absolute atomic E-state index is 15.8. The third-order valence-electron chi connectivity index (χ3n) is 9.41. The number of halogens is 8. The van der Waals surface area contributed by atoms with Crippen molar-refractivity contribution < 1.29 is 39.9 Å². The zero-order valence-electron chi connectivity index (χ0n) is 24.6. The Balaban J connectivity index is 1.21. The summed E-state index contributed by atoms with van der Waals surface area (Å²) in [4.78, 5) is 0. The Labute approximate surface area is 252 Å². The number of hydrogen-bond donors (Lipinski definition) is 0. The van der Waals surface area contributed by atoms with Gasteiger partial charge in [0.25, 0.3) is 0 Å². The quantitative estimate of drug-likeness (QED) is 0.215. The largest absolute Gasteiger partial charge is 0.573 e. The summed E-state index contributed by atoms with van der Waals surface area (Å²) in [6, 6.07) is 8.12. The average Bonchev–Trinajstić information content (AvgIpc) is 2.98. The van der Waals surface area contributed by atoms with E-state index in [0.29, 0.717) is 92.0 Å². The second kappa shape index (κ2) is 13.5. The summed E-state index contributed by atoms with van der Waals surface area (Å²) in [5.74, 6) is -5.10. The highest BCUT2D eigenvalue weighted by molar-refractivity contribution is 5.40. The molecule has 0 radical (unpaired) electrons. The van der Waals surface area contributed by atoms with E-state index in [4.69, 9.17) is 0 Å². The van der Waals surface area contributed by atoms with Gasteiger partial charge < -0.3 is 4.74 Å². The summed E-state index contributed by atoms with van der Waals surface area (Å²) < 4.78 is 116. The summed E-state index contributed by atoms with van der Waals surface area (Å²) >= 11 is 0. The molecule has 1 unspecified atom stereocenters. The predicted octanol–water partition coefficient (Wildman–Crippen LogP) is 10.8. The van der Waals surface area contributed by atoms with Crippen molar-refractivity contribution in [3.05, 3.63) is 98.9 Å². The molecule has 0 amide bonds. The van der Waals surface area contributed by atoms with Crippen LogP contribution in [0.5, 0.6) is 5.75 Å². The van der Waals surface area contributed by atoms with Crippen LogP contribution in [-0.2, 0) is 25.7 Å². The minimum absolute atomic E-state index is 0.0708. The van der Waals surface area contributed by atoms with E-state index in [1.807, 2.05) is 6.92 Å². The molecule has 3 aromatic rings. The van der Waals surface area contributed by atoms with Gasteiger partial charge in [-0.15, -0.1) is 13.2 Å². The van der Waals surface area contributed by atoms with Crippen LogP contribution in [0.15, 0.2) is 36.4 Å². The lowest BCUT2D eigenvalue weighted by Gasteiger charge is -2.32. The molecule has 9 heteroatoms. The molecule has 238 valence electrons. The SMILES string of the molecule is CCCCc1ccc(CCC2CCc3c(cc(F)c(C4CCC(c5ccc(OC(F)(F)F)c(F)c5)CC4)c3F)C2)c(F)c1F. The summed E-state index contributed by atoms with van der Waals surface area (Å²) in [7, 11) is 0. The van der Waals surface area contributed by atoms with Crippen LogP contribution in [0.25, 0.3) is 0 Å². The van der Waals surface area contributed by atoms with E-state index in [9.17, 15) is 26.3 Å². The molecular formula is C35H36F8O. The van der Waals surface area contributed by atoms with Crippen LogP contribution in [0.1, 0.15) is 104 Å². The first kappa shape index (κ1) is 32.3. The molecule has 5 rings (SSSR count). The number of benzene rings is 3. The lowest BCUT2D eigenvalue weighted by atomic mass is 9.74. The molecule has 1 saturated carbocycles. The second-order valence-electron chi connectivity index (χ2n) is 12.3. The van der Waals surface area contributed by atoms with Crippen LogP contribution in [0.4, 0.5) is 35.1 Å². The molecule has 44 heavy (non-hydrogen) atoms. The van der Waals surface area contributed by atoms with E-state index in [1.54, 1.807) is 12.1 Å². The Bertz CT molecular complexity index is 1470. The van der Waals surface area contributed by atoms with E-state index in [1.165, 1.54) is 12.1 Å². The van der Waals surface area contributed by atoms with E-state index in [2.05, 4.69) is 4.74 Å². The van der Waals surface area contributed by atoms with Gasteiger partial charge in [0, 0.05) is 5.56 Å². The van der Waals surface area contributed by atoms with Crippen molar-refractivity contribution in [2.24, 2.45) is 5.92 Å². The molecular weight excluding hydrogens is 588 g/mol. The number of rotatable bonds is 9. The summed E-state index contributed by atoms with van der Waals surface area (Å²) in [6.45, 7) is 1.99. The van der Waals surface area contributed by atoms with Gasteiger partial charge in [0.05, 0.1) is 0 Å². The van der Waals surface area contributed by atoms with Crippen molar-refractivity contribution in [2.75, 3.05) is 0 Å². The van der Waals surface area contributed by atoms with Crippen LogP contribution in [0.3, 0.4) is 0 Å². The fraction of sp³-hybridized carbons (Fsp3) is 0.486. The molecule has 2 aliphatic carbocycles. The van der Waals surface area contributed by atoms with Crippen molar-refractivity contribution in [2.45, 2.75) is 102 Å². The topological polar surface area (TPSA) is 9.23 Å². The standard InChI is InChI=1S/C35H36F8O/c1-2-3-4-23-12-13-24(33(39)32(23)38)7-5-20-6-15-27-26(17-20)19-29(37)31(34(27)40)22-10-8-21(9-11-22)25-14-16-30(28(36)18-25)44-35(41,42)43/h12-14,16,18-22H,2-11,15,17H2,1H3. The van der Waals surface area contributed by atoms with Gasteiger partial charge in [-0.3, -0.25) is 0 Å². The third-order valence-corrected chi connectivity index (χ3v) is 9.41. The van der Waals surface area contributed by atoms with Gasteiger partial charge in [0.2, 0.25) is 0 Å². The Kier molecular flexibility index (Phi) is 9.90. The molecule has 0 spiro atoms. The van der Waals surface area contributed by atoms with E-state index >= 15 is 8.78 Å². The van der Waals surface area contributed by atoms with Crippen LogP contribution in [0.2, 0.25) is 0 Å². The van der Waals surface area contributed by atoms with Gasteiger partial charge in [0.15, 0.2) is 23.2 Å². The first-order valence-corrected chi connectivity index (χ1v) is 15.5. The van der Waals surface area contributed by atoms with Gasteiger partial charge in [-0.1, -0.05) is 31.5 Å². The second-order valence-corrected chi connectivity index (χ2v) is 12.3. The lowest BCUT2D eigenvalue weighted by molar-refractivity contribution is -0.275. The van der Waals surface area contributed by atoms with Crippen molar-refractivity contribution in [1.29, 1.82) is 0 Å². The Morgan fingerprint density at radius 3 is 2.05 bits per heavy atom. The van der Waals surface area contributed by atoms with Gasteiger partial charge in [-0.25, -0.2) is 22.0 Å². The zero-order chi connectivity index (χ0) is 31.6. The van der Waals surface area contributed by atoms with Gasteiger partial charge in [-0.2, -0.15) is 0 Å². The summed E-state index contributed by atoms with van der Waals surface area (Å²) in [5.41, 5.74) is 2.44. The maximum atomic E-state index is 15.8. The normalized spacial score (nSPS) is 20.4. The number of fused-ring (bicyclic) bond motifs is 1. The van der Waals surface area contributed by atoms with Crippen LogP contribution >= 0.6 is 0 Å². The number of aryl methyl sites for hydroxylation is 2. The minimum Gasteiger partial charge on any atom is -0.403 e.